The smallest absolute Gasteiger partial charge is 0.253 e. The lowest BCUT2D eigenvalue weighted by atomic mass is 10.1. The van der Waals surface area contributed by atoms with Crippen LogP contribution in [0.4, 0.5) is 11.4 Å². The van der Waals surface area contributed by atoms with Crippen LogP contribution in [-0.4, -0.2) is 43.5 Å². The third kappa shape index (κ3) is 5.06. The summed E-state index contributed by atoms with van der Waals surface area (Å²) in [6.07, 6.45) is 2.07. The van der Waals surface area contributed by atoms with E-state index in [1.807, 2.05) is 0 Å². The molecule has 2 aromatic carbocycles. The summed E-state index contributed by atoms with van der Waals surface area (Å²) in [5.41, 5.74) is 1.47. The standard InChI is InChI=1S/C23H24ClN3O4/c24-16-5-3-6-17(12-16)27-14-15(11-21(27)28)22(29)26-20-9-2-1-8-19(20)23(30)25-13-18-7-4-10-31-18/h1-3,5-6,8-9,12,15,18H,4,7,10-11,13-14H2,(H,25,30)(H,26,29)/t15-,18+/m0/s1. The number of nitrogens with one attached hydrogen (secondary N) is 2. The van der Waals surface area contributed by atoms with Crippen LogP contribution >= 0.6 is 11.6 Å². The predicted molar refractivity (Wildman–Crippen MR) is 118 cm³/mol. The van der Waals surface area contributed by atoms with Crippen molar-refractivity contribution in [3.8, 4) is 0 Å². The lowest BCUT2D eigenvalue weighted by Gasteiger charge is -2.17. The summed E-state index contributed by atoms with van der Waals surface area (Å²) >= 11 is 6.03. The zero-order valence-corrected chi connectivity index (χ0v) is 17.7. The van der Waals surface area contributed by atoms with Crippen LogP contribution in [0.1, 0.15) is 29.6 Å². The van der Waals surface area contributed by atoms with E-state index in [0.717, 1.165) is 19.4 Å². The van der Waals surface area contributed by atoms with E-state index in [4.69, 9.17) is 16.3 Å². The molecule has 2 saturated heterocycles. The Labute approximate surface area is 185 Å². The van der Waals surface area contributed by atoms with Crippen LogP contribution in [0.15, 0.2) is 48.5 Å². The average molecular weight is 442 g/mol. The molecule has 0 radical (unpaired) electrons. The molecule has 2 aliphatic heterocycles. The minimum atomic E-state index is -0.519. The van der Waals surface area contributed by atoms with Crippen molar-refractivity contribution in [2.45, 2.75) is 25.4 Å². The van der Waals surface area contributed by atoms with E-state index in [9.17, 15) is 14.4 Å². The first-order chi connectivity index (χ1) is 15.0. The number of rotatable bonds is 6. The van der Waals surface area contributed by atoms with E-state index >= 15 is 0 Å². The summed E-state index contributed by atoms with van der Waals surface area (Å²) in [6.45, 7) is 1.42. The molecule has 8 heteroatoms. The van der Waals surface area contributed by atoms with Gasteiger partial charge in [0.2, 0.25) is 11.8 Å². The Balaban J connectivity index is 1.40. The van der Waals surface area contributed by atoms with Gasteiger partial charge in [-0.25, -0.2) is 0 Å². The number of hydrogen-bond acceptors (Lipinski definition) is 4. The first-order valence-electron chi connectivity index (χ1n) is 10.4. The topological polar surface area (TPSA) is 87.7 Å². The molecular formula is C23H24ClN3O4. The number of benzene rings is 2. The number of ether oxygens (including phenoxy) is 1. The van der Waals surface area contributed by atoms with Gasteiger partial charge in [-0.1, -0.05) is 29.8 Å². The summed E-state index contributed by atoms with van der Waals surface area (Å²) in [5, 5.41) is 6.23. The molecule has 2 N–H and O–H groups in total. The minimum absolute atomic E-state index is 0.0349. The summed E-state index contributed by atoms with van der Waals surface area (Å²) < 4.78 is 5.54. The third-order valence-corrected chi connectivity index (χ3v) is 5.79. The van der Waals surface area contributed by atoms with E-state index in [2.05, 4.69) is 10.6 Å². The summed E-state index contributed by atoms with van der Waals surface area (Å²) in [6, 6.07) is 13.8. The van der Waals surface area contributed by atoms with Crippen molar-refractivity contribution in [2.24, 2.45) is 5.92 Å². The van der Waals surface area contributed by atoms with Crippen LogP contribution in [0.5, 0.6) is 0 Å². The Morgan fingerprint density at radius 2 is 2.00 bits per heavy atom. The van der Waals surface area contributed by atoms with E-state index in [0.29, 0.717) is 28.5 Å². The van der Waals surface area contributed by atoms with Gasteiger partial charge in [0.05, 0.1) is 23.3 Å². The first kappa shape index (κ1) is 21.3. The number of hydrogen-bond donors (Lipinski definition) is 2. The number of halogens is 1. The maximum absolute atomic E-state index is 12.9. The van der Waals surface area contributed by atoms with Crippen molar-refractivity contribution >= 4 is 40.7 Å². The van der Waals surface area contributed by atoms with Gasteiger partial charge in [0.15, 0.2) is 0 Å². The highest BCUT2D eigenvalue weighted by Gasteiger charge is 2.35. The van der Waals surface area contributed by atoms with Gasteiger partial charge in [-0.3, -0.25) is 14.4 Å². The van der Waals surface area contributed by atoms with Crippen molar-refractivity contribution < 1.29 is 19.1 Å². The van der Waals surface area contributed by atoms with Gasteiger partial charge in [-0.2, -0.15) is 0 Å². The maximum atomic E-state index is 12.9. The molecule has 2 aromatic rings. The van der Waals surface area contributed by atoms with Gasteiger partial charge in [0.25, 0.3) is 5.91 Å². The van der Waals surface area contributed by atoms with Crippen LogP contribution in [0.25, 0.3) is 0 Å². The molecule has 31 heavy (non-hydrogen) atoms. The number of amides is 3. The van der Waals surface area contributed by atoms with E-state index < -0.39 is 5.92 Å². The van der Waals surface area contributed by atoms with Gasteiger partial charge in [0.1, 0.15) is 0 Å². The van der Waals surface area contributed by atoms with Gasteiger partial charge >= 0.3 is 0 Å². The highest BCUT2D eigenvalue weighted by Crippen LogP contribution is 2.28. The number of anilines is 2. The van der Waals surface area contributed by atoms with Crippen LogP contribution in [0, 0.1) is 5.92 Å². The molecule has 0 bridgehead atoms. The molecule has 0 aromatic heterocycles. The van der Waals surface area contributed by atoms with Crippen LogP contribution in [-0.2, 0) is 14.3 Å². The van der Waals surface area contributed by atoms with Crippen LogP contribution in [0.3, 0.4) is 0 Å². The molecular weight excluding hydrogens is 418 g/mol. The molecule has 7 nitrogen and oxygen atoms in total. The van der Waals surface area contributed by atoms with Gasteiger partial charge in [-0.15, -0.1) is 0 Å². The highest BCUT2D eigenvalue weighted by molar-refractivity contribution is 6.31. The highest BCUT2D eigenvalue weighted by atomic mass is 35.5. The molecule has 2 atom stereocenters. The van der Waals surface area contributed by atoms with Crippen LogP contribution < -0.4 is 15.5 Å². The first-order valence-corrected chi connectivity index (χ1v) is 10.7. The quantitative estimate of drug-likeness (QED) is 0.720. The Bertz CT molecular complexity index is 990. The zero-order chi connectivity index (χ0) is 21.8. The average Bonchev–Trinajstić information content (AvgIpc) is 3.42. The van der Waals surface area contributed by atoms with Crippen LogP contribution in [0.2, 0.25) is 5.02 Å². The van der Waals surface area contributed by atoms with E-state index in [-0.39, 0.29) is 36.8 Å². The monoisotopic (exact) mass is 441 g/mol. The second kappa shape index (κ2) is 9.49. The molecule has 0 aliphatic carbocycles. The molecule has 2 heterocycles. The normalized spacial score (nSPS) is 20.7. The molecule has 162 valence electrons. The molecule has 2 fully saturated rings. The van der Waals surface area contributed by atoms with Crippen molar-refractivity contribution in [3.05, 3.63) is 59.1 Å². The van der Waals surface area contributed by atoms with E-state index in [1.165, 1.54) is 0 Å². The summed E-state index contributed by atoms with van der Waals surface area (Å²) in [4.78, 5) is 39.6. The molecule has 3 amide bonds. The second-order valence-corrected chi connectivity index (χ2v) is 8.20. The fourth-order valence-electron chi connectivity index (χ4n) is 3.91. The Kier molecular flexibility index (Phi) is 6.53. The third-order valence-electron chi connectivity index (χ3n) is 5.56. The minimum Gasteiger partial charge on any atom is -0.376 e. The number of para-hydroxylation sites is 1. The number of nitrogens with zero attached hydrogens (tertiary/aromatic N) is 1. The van der Waals surface area contributed by atoms with Gasteiger partial charge < -0.3 is 20.3 Å². The maximum Gasteiger partial charge on any atom is 0.253 e. The summed E-state index contributed by atoms with van der Waals surface area (Å²) in [5.74, 6) is -1.22. The Hall–Kier alpha value is -2.90. The molecule has 0 spiro atoms. The fourth-order valence-corrected chi connectivity index (χ4v) is 4.09. The van der Waals surface area contributed by atoms with Crippen molar-refractivity contribution in [1.82, 2.24) is 5.32 Å². The largest absolute Gasteiger partial charge is 0.376 e. The van der Waals surface area contributed by atoms with Gasteiger partial charge in [0, 0.05) is 36.8 Å². The van der Waals surface area contributed by atoms with E-state index in [1.54, 1.807) is 53.4 Å². The Morgan fingerprint density at radius 1 is 1.16 bits per heavy atom. The lowest BCUT2D eigenvalue weighted by Crippen LogP contribution is -2.33. The molecule has 4 rings (SSSR count). The molecule has 0 unspecified atom stereocenters. The Morgan fingerprint density at radius 3 is 2.77 bits per heavy atom. The molecule has 0 saturated carbocycles. The van der Waals surface area contributed by atoms with Crippen molar-refractivity contribution in [3.63, 3.8) is 0 Å². The van der Waals surface area contributed by atoms with Gasteiger partial charge in [-0.05, 0) is 43.2 Å². The second-order valence-electron chi connectivity index (χ2n) is 7.77. The predicted octanol–water partition coefficient (Wildman–Crippen LogP) is 3.24. The lowest BCUT2D eigenvalue weighted by molar-refractivity contribution is -0.122. The number of carbonyl (C=O) groups is 3. The molecule has 2 aliphatic rings. The number of carbonyl (C=O) groups excluding carboxylic acids is 3. The zero-order valence-electron chi connectivity index (χ0n) is 17.0. The fraction of sp³-hybridized carbons (Fsp3) is 0.348. The van der Waals surface area contributed by atoms with Crippen molar-refractivity contribution in [1.29, 1.82) is 0 Å². The SMILES string of the molecule is O=C(NC[C@H]1CCCO1)c1ccccc1NC(=O)[C@H]1CC(=O)N(c2cccc(Cl)c2)C1. The summed E-state index contributed by atoms with van der Waals surface area (Å²) in [7, 11) is 0. The van der Waals surface area contributed by atoms with Crippen molar-refractivity contribution in [2.75, 3.05) is 29.9 Å².